The van der Waals surface area contributed by atoms with Crippen molar-refractivity contribution >= 4 is 17.0 Å². The van der Waals surface area contributed by atoms with Crippen molar-refractivity contribution in [3.63, 3.8) is 0 Å². The quantitative estimate of drug-likeness (QED) is 0.805. The maximum Gasteiger partial charge on any atom is 0.335 e. The standard InChI is InChI=1S/C17H14N2O4/c1-10-18-13-6-15-16(23-9-22-15)7-14(13)19(10)8-11-3-2-4-12(5-11)17(20)21/h2-7H,8-9H2,1H3,(H,20,21). The first-order valence-corrected chi connectivity index (χ1v) is 7.20. The molecule has 1 aliphatic rings. The Morgan fingerprint density at radius 3 is 2.83 bits per heavy atom. The van der Waals surface area contributed by atoms with E-state index >= 15 is 0 Å². The second-order valence-electron chi connectivity index (χ2n) is 5.44. The van der Waals surface area contributed by atoms with Gasteiger partial charge >= 0.3 is 5.97 Å². The van der Waals surface area contributed by atoms with Crippen LogP contribution in [0.1, 0.15) is 21.7 Å². The fraction of sp³-hybridized carbons (Fsp3) is 0.176. The number of carbonyl (C=O) groups is 1. The van der Waals surface area contributed by atoms with Gasteiger partial charge in [-0.25, -0.2) is 9.78 Å². The monoisotopic (exact) mass is 310 g/mol. The third-order valence-electron chi connectivity index (χ3n) is 3.95. The van der Waals surface area contributed by atoms with Crippen LogP contribution in [0.2, 0.25) is 0 Å². The molecule has 2 aromatic carbocycles. The second-order valence-corrected chi connectivity index (χ2v) is 5.44. The molecule has 0 unspecified atom stereocenters. The number of benzene rings is 2. The van der Waals surface area contributed by atoms with Gasteiger partial charge in [-0.15, -0.1) is 0 Å². The Hall–Kier alpha value is -3.02. The van der Waals surface area contributed by atoms with Crippen molar-refractivity contribution in [2.24, 2.45) is 0 Å². The van der Waals surface area contributed by atoms with Gasteiger partial charge in [0, 0.05) is 18.7 Å². The molecule has 0 spiro atoms. The molecule has 0 saturated heterocycles. The van der Waals surface area contributed by atoms with Gasteiger partial charge in [-0.1, -0.05) is 12.1 Å². The zero-order valence-corrected chi connectivity index (χ0v) is 12.4. The number of nitrogens with zero attached hydrogens (tertiary/aromatic N) is 2. The summed E-state index contributed by atoms with van der Waals surface area (Å²) in [7, 11) is 0. The molecule has 0 amide bonds. The predicted octanol–water partition coefficient (Wildman–Crippen LogP) is 2.82. The molecule has 1 N–H and O–H groups in total. The second kappa shape index (κ2) is 5.01. The molecule has 2 heterocycles. The number of fused-ring (bicyclic) bond motifs is 2. The van der Waals surface area contributed by atoms with E-state index in [2.05, 4.69) is 4.98 Å². The van der Waals surface area contributed by atoms with Crippen LogP contribution in [-0.4, -0.2) is 27.4 Å². The van der Waals surface area contributed by atoms with E-state index in [9.17, 15) is 4.79 Å². The first kappa shape index (κ1) is 13.6. The zero-order chi connectivity index (χ0) is 16.0. The minimum atomic E-state index is -0.928. The zero-order valence-electron chi connectivity index (χ0n) is 12.4. The number of aromatic carboxylic acids is 1. The number of carboxylic acid groups (broad SMARTS) is 1. The van der Waals surface area contributed by atoms with Gasteiger partial charge < -0.3 is 19.1 Å². The van der Waals surface area contributed by atoms with E-state index in [-0.39, 0.29) is 12.4 Å². The number of aryl methyl sites for hydroxylation is 1. The highest BCUT2D eigenvalue weighted by Gasteiger charge is 2.18. The highest BCUT2D eigenvalue weighted by molar-refractivity contribution is 5.87. The molecule has 0 radical (unpaired) electrons. The summed E-state index contributed by atoms with van der Waals surface area (Å²) in [5.41, 5.74) is 2.96. The maximum atomic E-state index is 11.1. The van der Waals surface area contributed by atoms with Crippen LogP contribution in [0.4, 0.5) is 0 Å². The molecule has 0 saturated carbocycles. The van der Waals surface area contributed by atoms with Gasteiger partial charge in [-0.05, 0) is 24.6 Å². The Kier molecular flexibility index (Phi) is 2.97. The third-order valence-corrected chi connectivity index (χ3v) is 3.95. The summed E-state index contributed by atoms with van der Waals surface area (Å²) < 4.78 is 12.8. The van der Waals surface area contributed by atoms with Crippen LogP contribution in [0.15, 0.2) is 36.4 Å². The summed E-state index contributed by atoms with van der Waals surface area (Å²) in [4.78, 5) is 15.7. The average molecular weight is 310 g/mol. The number of hydrogen-bond donors (Lipinski definition) is 1. The first-order valence-electron chi connectivity index (χ1n) is 7.20. The SMILES string of the molecule is Cc1nc2cc3c(cc2n1Cc1cccc(C(=O)O)c1)OCO3. The lowest BCUT2D eigenvalue weighted by Gasteiger charge is -2.08. The molecule has 116 valence electrons. The molecule has 3 aromatic rings. The molecule has 6 nitrogen and oxygen atoms in total. The van der Waals surface area contributed by atoms with Crippen molar-refractivity contribution < 1.29 is 19.4 Å². The molecule has 0 aliphatic carbocycles. The average Bonchev–Trinajstić information content (AvgIpc) is 3.10. The lowest BCUT2D eigenvalue weighted by atomic mass is 10.1. The van der Waals surface area contributed by atoms with Crippen molar-refractivity contribution in [2.75, 3.05) is 6.79 Å². The summed E-state index contributed by atoms with van der Waals surface area (Å²) in [6.45, 7) is 2.69. The van der Waals surface area contributed by atoms with Gasteiger partial charge in [-0.2, -0.15) is 0 Å². The Bertz CT molecular complexity index is 930. The van der Waals surface area contributed by atoms with Gasteiger partial charge in [0.15, 0.2) is 11.5 Å². The van der Waals surface area contributed by atoms with Crippen LogP contribution >= 0.6 is 0 Å². The fourth-order valence-corrected chi connectivity index (χ4v) is 2.82. The first-order chi connectivity index (χ1) is 11.1. The minimum Gasteiger partial charge on any atom is -0.478 e. The van der Waals surface area contributed by atoms with Gasteiger partial charge in [-0.3, -0.25) is 0 Å². The molecule has 0 fully saturated rings. The van der Waals surface area contributed by atoms with Gasteiger partial charge in [0.25, 0.3) is 0 Å². The summed E-state index contributed by atoms with van der Waals surface area (Å²) in [5, 5.41) is 9.12. The van der Waals surface area contributed by atoms with Crippen LogP contribution in [-0.2, 0) is 6.54 Å². The molecular formula is C17H14N2O4. The molecule has 6 heteroatoms. The summed E-state index contributed by atoms with van der Waals surface area (Å²) >= 11 is 0. The summed E-state index contributed by atoms with van der Waals surface area (Å²) in [6, 6.07) is 10.7. The minimum absolute atomic E-state index is 0.224. The van der Waals surface area contributed by atoms with Crippen molar-refractivity contribution in [1.82, 2.24) is 9.55 Å². The molecule has 0 bridgehead atoms. The molecular weight excluding hydrogens is 296 g/mol. The van der Waals surface area contributed by atoms with E-state index in [4.69, 9.17) is 14.6 Å². The topological polar surface area (TPSA) is 73.6 Å². The van der Waals surface area contributed by atoms with E-state index in [1.165, 1.54) is 0 Å². The number of aromatic nitrogens is 2. The van der Waals surface area contributed by atoms with E-state index in [0.29, 0.717) is 18.0 Å². The largest absolute Gasteiger partial charge is 0.478 e. The smallest absolute Gasteiger partial charge is 0.335 e. The number of hydrogen-bond acceptors (Lipinski definition) is 4. The van der Waals surface area contributed by atoms with Gasteiger partial charge in [0.1, 0.15) is 5.82 Å². The summed E-state index contributed by atoms with van der Waals surface area (Å²) in [6.07, 6.45) is 0. The van der Waals surface area contributed by atoms with Gasteiger partial charge in [0.2, 0.25) is 6.79 Å². The fourth-order valence-electron chi connectivity index (χ4n) is 2.82. The summed E-state index contributed by atoms with van der Waals surface area (Å²) in [5.74, 6) is 1.33. The number of imidazole rings is 1. The van der Waals surface area contributed by atoms with E-state index in [1.54, 1.807) is 18.2 Å². The van der Waals surface area contributed by atoms with Gasteiger partial charge in [0.05, 0.1) is 16.6 Å². The molecule has 23 heavy (non-hydrogen) atoms. The Labute approximate surface area is 131 Å². The molecule has 1 aromatic heterocycles. The molecule has 0 atom stereocenters. The highest BCUT2D eigenvalue weighted by atomic mass is 16.7. The molecule has 4 rings (SSSR count). The van der Waals surface area contributed by atoms with E-state index in [0.717, 1.165) is 22.4 Å². The van der Waals surface area contributed by atoms with Crippen molar-refractivity contribution in [3.8, 4) is 11.5 Å². The van der Waals surface area contributed by atoms with E-state index < -0.39 is 5.97 Å². The lowest BCUT2D eigenvalue weighted by molar-refractivity contribution is 0.0696. The number of carboxylic acids is 1. The predicted molar refractivity (Wildman–Crippen MR) is 83.1 cm³/mol. The van der Waals surface area contributed by atoms with Crippen LogP contribution in [0.3, 0.4) is 0 Å². The lowest BCUT2D eigenvalue weighted by Crippen LogP contribution is -2.04. The van der Waals surface area contributed by atoms with Crippen LogP contribution in [0.25, 0.3) is 11.0 Å². The Balaban J connectivity index is 1.78. The number of ether oxygens (including phenoxy) is 2. The maximum absolute atomic E-state index is 11.1. The van der Waals surface area contributed by atoms with Crippen molar-refractivity contribution in [2.45, 2.75) is 13.5 Å². The highest BCUT2D eigenvalue weighted by Crippen LogP contribution is 2.36. The Morgan fingerprint density at radius 2 is 2.04 bits per heavy atom. The van der Waals surface area contributed by atoms with E-state index in [1.807, 2.05) is 29.7 Å². The van der Waals surface area contributed by atoms with Crippen molar-refractivity contribution in [1.29, 1.82) is 0 Å². The van der Waals surface area contributed by atoms with Crippen LogP contribution < -0.4 is 9.47 Å². The third kappa shape index (κ3) is 2.28. The number of rotatable bonds is 3. The van der Waals surface area contributed by atoms with Crippen molar-refractivity contribution in [3.05, 3.63) is 53.3 Å². The Morgan fingerprint density at radius 1 is 1.26 bits per heavy atom. The molecule has 1 aliphatic heterocycles. The normalized spacial score (nSPS) is 12.7. The van der Waals surface area contributed by atoms with Crippen LogP contribution in [0.5, 0.6) is 11.5 Å². The van der Waals surface area contributed by atoms with Crippen LogP contribution in [0, 0.1) is 6.92 Å².